The molecule has 5 heteroatoms. The summed E-state index contributed by atoms with van der Waals surface area (Å²) in [6.45, 7) is 5.93. The van der Waals surface area contributed by atoms with Crippen molar-refractivity contribution in [3.05, 3.63) is 84.1 Å². The minimum atomic E-state index is -0.145. The molecular weight excluding hydrogens is 350 g/mol. The van der Waals surface area contributed by atoms with Crippen molar-refractivity contribution in [2.75, 3.05) is 5.32 Å². The fourth-order valence-electron chi connectivity index (χ4n) is 2.81. The van der Waals surface area contributed by atoms with Crippen LogP contribution >= 0.6 is 0 Å². The first-order valence-electron chi connectivity index (χ1n) is 9.37. The van der Waals surface area contributed by atoms with Gasteiger partial charge < -0.3 is 15.4 Å². The normalized spacial score (nSPS) is 11.7. The van der Waals surface area contributed by atoms with Crippen LogP contribution in [0.5, 0.6) is 5.75 Å². The second-order valence-corrected chi connectivity index (χ2v) is 6.82. The molecule has 0 aliphatic rings. The third-order valence-corrected chi connectivity index (χ3v) is 4.18. The molecule has 0 spiro atoms. The second-order valence-electron chi connectivity index (χ2n) is 6.82. The van der Waals surface area contributed by atoms with E-state index in [2.05, 4.69) is 15.6 Å². The van der Waals surface area contributed by atoms with Crippen molar-refractivity contribution in [1.29, 1.82) is 0 Å². The molecule has 3 rings (SSSR count). The molecule has 1 heterocycles. The Morgan fingerprint density at radius 3 is 2.43 bits per heavy atom. The van der Waals surface area contributed by atoms with Crippen molar-refractivity contribution < 1.29 is 9.53 Å². The van der Waals surface area contributed by atoms with E-state index in [0.717, 1.165) is 17.0 Å². The first-order chi connectivity index (χ1) is 13.5. The van der Waals surface area contributed by atoms with Gasteiger partial charge in [-0.3, -0.25) is 4.79 Å². The predicted molar refractivity (Wildman–Crippen MR) is 112 cm³/mol. The van der Waals surface area contributed by atoms with Crippen LogP contribution in [0.3, 0.4) is 0 Å². The molecule has 0 saturated carbocycles. The lowest BCUT2D eigenvalue weighted by Crippen LogP contribution is -2.26. The minimum absolute atomic E-state index is 0.0625. The van der Waals surface area contributed by atoms with Gasteiger partial charge in [0, 0.05) is 11.8 Å². The Kier molecular flexibility index (Phi) is 6.27. The Labute approximate surface area is 165 Å². The van der Waals surface area contributed by atoms with Gasteiger partial charge in [-0.2, -0.15) is 0 Å². The molecule has 0 bridgehead atoms. The maximum absolute atomic E-state index is 12.7. The van der Waals surface area contributed by atoms with E-state index >= 15 is 0 Å². The van der Waals surface area contributed by atoms with E-state index in [9.17, 15) is 4.79 Å². The van der Waals surface area contributed by atoms with Crippen molar-refractivity contribution in [2.24, 2.45) is 0 Å². The molecule has 0 aliphatic heterocycles. The van der Waals surface area contributed by atoms with Gasteiger partial charge >= 0.3 is 0 Å². The standard InChI is InChI=1S/C23H25N3O2/c1-16(2)28-21-12-8-7-11-20(21)26-22-15-19(13-14-24-22)23(27)25-17(3)18-9-5-4-6-10-18/h4-17H,1-3H3,(H,24,26)(H,25,27). The van der Waals surface area contributed by atoms with Crippen LogP contribution in [0.2, 0.25) is 0 Å². The van der Waals surface area contributed by atoms with Crippen LogP contribution in [0.15, 0.2) is 72.9 Å². The van der Waals surface area contributed by atoms with Crippen LogP contribution in [-0.2, 0) is 0 Å². The van der Waals surface area contributed by atoms with E-state index in [1.165, 1.54) is 0 Å². The highest BCUT2D eigenvalue weighted by Crippen LogP contribution is 2.27. The summed E-state index contributed by atoms with van der Waals surface area (Å²) in [5.41, 5.74) is 2.41. The number of carbonyl (C=O) groups is 1. The summed E-state index contributed by atoms with van der Waals surface area (Å²) in [7, 11) is 0. The molecule has 2 N–H and O–H groups in total. The Morgan fingerprint density at radius 2 is 1.68 bits per heavy atom. The molecular formula is C23H25N3O2. The molecule has 0 radical (unpaired) electrons. The summed E-state index contributed by atoms with van der Waals surface area (Å²) in [6.07, 6.45) is 1.68. The fourth-order valence-corrected chi connectivity index (χ4v) is 2.81. The van der Waals surface area contributed by atoms with E-state index in [1.807, 2.05) is 75.4 Å². The zero-order valence-electron chi connectivity index (χ0n) is 16.3. The van der Waals surface area contributed by atoms with Gasteiger partial charge in [-0.05, 0) is 50.6 Å². The maximum atomic E-state index is 12.7. The average Bonchev–Trinajstić information content (AvgIpc) is 2.70. The third-order valence-electron chi connectivity index (χ3n) is 4.18. The number of carbonyl (C=O) groups excluding carboxylic acids is 1. The number of pyridine rings is 1. The molecule has 3 aromatic rings. The Balaban J connectivity index is 1.73. The molecule has 1 atom stereocenters. The number of ether oxygens (including phenoxy) is 1. The highest BCUT2D eigenvalue weighted by molar-refractivity contribution is 5.95. The second kappa shape index (κ2) is 9.04. The number of para-hydroxylation sites is 2. The van der Waals surface area contributed by atoms with Gasteiger partial charge in [0.05, 0.1) is 17.8 Å². The van der Waals surface area contributed by atoms with Crippen LogP contribution in [-0.4, -0.2) is 17.0 Å². The minimum Gasteiger partial charge on any atom is -0.489 e. The Bertz CT molecular complexity index is 926. The number of nitrogens with one attached hydrogen (secondary N) is 2. The molecule has 0 saturated heterocycles. The lowest BCUT2D eigenvalue weighted by molar-refractivity contribution is 0.0940. The van der Waals surface area contributed by atoms with Crippen LogP contribution in [0.1, 0.15) is 42.7 Å². The van der Waals surface area contributed by atoms with E-state index < -0.39 is 0 Å². The smallest absolute Gasteiger partial charge is 0.251 e. The molecule has 5 nitrogen and oxygen atoms in total. The summed E-state index contributed by atoms with van der Waals surface area (Å²) < 4.78 is 5.83. The largest absolute Gasteiger partial charge is 0.489 e. The third kappa shape index (κ3) is 5.10. The highest BCUT2D eigenvalue weighted by Gasteiger charge is 2.13. The molecule has 1 unspecified atom stereocenters. The number of benzene rings is 2. The van der Waals surface area contributed by atoms with E-state index in [1.54, 1.807) is 18.3 Å². The number of hydrogen-bond acceptors (Lipinski definition) is 4. The molecule has 0 fully saturated rings. The van der Waals surface area contributed by atoms with Gasteiger partial charge in [0.2, 0.25) is 0 Å². The van der Waals surface area contributed by atoms with E-state index in [-0.39, 0.29) is 18.1 Å². The van der Waals surface area contributed by atoms with Crippen LogP contribution < -0.4 is 15.4 Å². The van der Waals surface area contributed by atoms with Gasteiger partial charge in [-0.25, -0.2) is 4.98 Å². The van der Waals surface area contributed by atoms with Gasteiger partial charge in [0.15, 0.2) is 0 Å². The van der Waals surface area contributed by atoms with E-state index in [0.29, 0.717) is 11.4 Å². The average molecular weight is 375 g/mol. The summed E-state index contributed by atoms with van der Waals surface area (Å²) >= 11 is 0. The summed E-state index contributed by atoms with van der Waals surface area (Å²) in [5, 5.41) is 6.26. The molecule has 1 amide bonds. The lowest BCUT2D eigenvalue weighted by atomic mass is 10.1. The summed E-state index contributed by atoms with van der Waals surface area (Å²) in [4.78, 5) is 17.0. The Morgan fingerprint density at radius 1 is 0.964 bits per heavy atom. The van der Waals surface area contributed by atoms with Gasteiger partial charge in [0.25, 0.3) is 5.91 Å². The number of anilines is 2. The summed E-state index contributed by atoms with van der Waals surface area (Å²) in [5.74, 6) is 1.18. The van der Waals surface area contributed by atoms with Crippen LogP contribution in [0.25, 0.3) is 0 Å². The van der Waals surface area contributed by atoms with Crippen molar-refractivity contribution in [1.82, 2.24) is 10.3 Å². The van der Waals surface area contributed by atoms with Gasteiger partial charge in [0.1, 0.15) is 11.6 Å². The van der Waals surface area contributed by atoms with Crippen molar-refractivity contribution in [3.63, 3.8) is 0 Å². The Hall–Kier alpha value is -3.34. The highest BCUT2D eigenvalue weighted by atomic mass is 16.5. The first kappa shape index (κ1) is 19.4. The topological polar surface area (TPSA) is 63.2 Å². The zero-order valence-corrected chi connectivity index (χ0v) is 16.3. The van der Waals surface area contributed by atoms with Gasteiger partial charge in [-0.15, -0.1) is 0 Å². The van der Waals surface area contributed by atoms with Crippen molar-refractivity contribution in [3.8, 4) is 5.75 Å². The van der Waals surface area contributed by atoms with Crippen molar-refractivity contribution in [2.45, 2.75) is 32.9 Å². The zero-order chi connectivity index (χ0) is 19.9. The number of nitrogens with zero attached hydrogens (tertiary/aromatic N) is 1. The number of hydrogen-bond donors (Lipinski definition) is 2. The quantitative estimate of drug-likeness (QED) is 0.603. The van der Waals surface area contributed by atoms with Crippen LogP contribution in [0.4, 0.5) is 11.5 Å². The van der Waals surface area contributed by atoms with Crippen LogP contribution in [0, 0.1) is 0 Å². The number of rotatable bonds is 7. The number of aromatic nitrogens is 1. The molecule has 1 aromatic heterocycles. The van der Waals surface area contributed by atoms with E-state index in [4.69, 9.17) is 4.74 Å². The first-order valence-corrected chi connectivity index (χ1v) is 9.37. The molecule has 28 heavy (non-hydrogen) atoms. The van der Waals surface area contributed by atoms with Crippen molar-refractivity contribution >= 4 is 17.4 Å². The molecule has 0 aliphatic carbocycles. The predicted octanol–water partition coefficient (Wildman–Crippen LogP) is 5.10. The lowest BCUT2D eigenvalue weighted by Gasteiger charge is -2.16. The molecule has 144 valence electrons. The molecule has 2 aromatic carbocycles. The monoisotopic (exact) mass is 375 g/mol. The fraction of sp³-hybridized carbons (Fsp3) is 0.217. The van der Waals surface area contributed by atoms with Gasteiger partial charge in [-0.1, -0.05) is 42.5 Å². The maximum Gasteiger partial charge on any atom is 0.251 e. The SMILES string of the molecule is CC(C)Oc1ccccc1Nc1cc(C(=O)NC(C)c2ccccc2)ccn1. The summed E-state index contributed by atoms with van der Waals surface area (Å²) in [6, 6.07) is 20.9. The number of amides is 1.